The van der Waals surface area contributed by atoms with Crippen LogP contribution in [0.5, 0.6) is 0 Å². The van der Waals surface area contributed by atoms with Gasteiger partial charge in [0, 0.05) is 16.2 Å². The van der Waals surface area contributed by atoms with Crippen LogP contribution in [0.3, 0.4) is 0 Å². The van der Waals surface area contributed by atoms with Crippen molar-refractivity contribution in [3.63, 3.8) is 0 Å². The Hall–Kier alpha value is -3.37. The second-order valence-corrected chi connectivity index (χ2v) is 8.90. The molecule has 0 N–H and O–H groups in total. The SMILES string of the molecule is COC(=O)c1cccc(CN2C(=O)C(=C(Cc3ccc(Cl)cc3)C(C)C)c3ccccc32)c1. The van der Waals surface area contributed by atoms with Crippen LogP contribution in [0.2, 0.25) is 5.02 Å². The molecule has 0 saturated heterocycles. The summed E-state index contributed by atoms with van der Waals surface area (Å²) in [4.78, 5) is 27.5. The van der Waals surface area contributed by atoms with Gasteiger partial charge in [0.2, 0.25) is 0 Å². The van der Waals surface area contributed by atoms with Crippen LogP contribution in [0.4, 0.5) is 5.69 Å². The normalized spacial score (nSPS) is 14.5. The van der Waals surface area contributed by atoms with Gasteiger partial charge in [-0.25, -0.2) is 4.79 Å². The van der Waals surface area contributed by atoms with Crippen LogP contribution in [-0.2, 0) is 22.5 Å². The molecule has 168 valence electrons. The molecule has 3 aromatic rings. The number of carbonyl (C=O) groups is 2. The van der Waals surface area contributed by atoms with Gasteiger partial charge in [0.1, 0.15) is 0 Å². The van der Waals surface area contributed by atoms with Gasteiger partial charge in [0.05, 0.1) is 24.9 Å². The van der Waals surface area contributed by atoms with E-state index in [0.29, 0.717) is 23.6 Å². The molecular weight excluding hydrogens is 434 g/mol. The average Bonchev–Trinajstić information content (AvgIpc) is 3.09. The molecule has 0 fully saturated rings. The number of hydrogen-bond acceptors (Lipinski definition) is 3. The number of benzene rings is 3. The van der Waals surface area contributed by atoms with Crippen molar-refractivity contribution in [3.8, 4) is 0 Å². The van der Waals surface area contributed by atoms with E-state index in [-0.39, 0.29) is 11.8 Å². The van der Waals surface area contributed by atoms with E-state index in [0.717, 1.165) is 33.5 Å². The topological polar surface area (TPSA) is 46.6 Å². The lowest BCUT2D eigenvalue weighted by Crippen LogP contribution is -2.26. The number of esters is 1. The zero-order valence-corrected chi connectivity index (χ0v) is 19.7. The molecule has 0 radical (unpaired) electrons. The highest BCUT2D eigenvalue weighted by atomic mass is 35.5. The second-order valence-electron chi connectivity index (χ2n) is 8.46. The first-order valence-electron chi connectivity index (χ1n) is 10.9. The molecule has 0 saturated carbocycles. The van der Waals surface area contributed by atoms with Gasteiger partial charge in [-0.05, 0) is 59.4 Å². The molecule has 33 heavy (non-hydrogen) atoms. The van der Waals surface area contributed by atoms with Crippen LogP contribution < -0.4 is 4.90 Å². The van der Waals surface area contributed by atoms with E-state index in [9.17, 15) is 9.59 Å². The van der Waals surface area contributed by atoms with Crippen LogP contribution in [0.15, 0.2) is 78.4 Å². The summed E-state index contributed by atoms with van der Waals surface area (Å²) in [6, 6.07) is 22.9. The Balaban J connectivity index is 1.74. The number of para-hydroxylation sites is 1. The zero-order valence-electron chi connectivity index (χ0n) is 19.0. The van der Waals surface area contributed by atoms with Crippen molar-refractivity contribution in [1.82, 2.24) is 0 Å². The molecular formula is C28H26ClNO3. The fourth-order valence-electron chi connectivity index (χ4n) is 4.25. The Morgan fingerprint density at radius 2 is 1.70 bits per heavy atom. The molecule has 0 spiro atoms. The van der Waals surface area contributed by atoms with Crippen LogP contribution in [0, 0.1) is 5.92 Å². The zero-order chi connectivity index (χ0) is 23.5. The number of amides is 1. The van der Waals surface area contributed by atoms with Crippen molar-refractivity contribution in [1.29, 1.82) is 0 Å². The number of ether oxygens (including phenoxy) is 1. The first-order valence-corrected chi connectivity index (χ1v) is 11.3. The van der Waals surface area contributed by atoms with Crippen molar-refractivity contribution in [2.75, 3.05) is 12.0 Å². The lowest BCUT2D eigenvalue weighted by Gasteiger charge is -2.19. The van der Waals surface area contributed by atoms with Crippen molar-refractivity contribution in [2.24, 2.45) is 5.92 Å². The molecule has 0 bridgehead atoms. The van der Waals surface area contributed by atoms with E-state index < -0.39 is 5.97 Å². The van der Waals surface area contributed by atoms with Gasteiger partial charge in [0.15, 0.2) is 0 Å². The smallest absolute Gasteiger partial charge is 0.337 e. The number of fused-ring (bicyclic) bond motifs is 1. The average molecular weight is 460 g/mol. The summed E-state index contributed by atoms with van der Waals surface area (Å²) >= 11 is 6.06. The summed E-state index contributed by atoms with van der Waals surface area (Å²) in [6.45, 7) is 4.61. The van der Waals surface area contributed by atoms with Crippen LogP contribution in [-0.4, -0.2) is 19.0 Å². The molecule has 0 unspecified atom stereocenters. The standard InChI is InChI=1S/C28H26ClNO3/c1-18(2)24(16-19-11-13-22(29)14-12-19)26-23-9-4-5-10-25(23)30(27(26)31)17-20-7-6-8-21(15-20)28(32)33-3/h4-15,18H,16-17H2,1-3H3. The summed E-state index contributed by atoms with van der Waals surface area (Å²) in [5.74, 6) is -0.219. The molecule has 5 heteroatoms. The quantitative estimate of drug-likeness (QED) is 0.320. The number of methoxy groups -OCH3 is 1. The van der Waals surface area contributed by atoms with Gasteiger partial charge in [0.25, 0.3) is 5.91 Å². The molecule has 1 heterocycles. The monoisotopic (exact) mass is 459 g/mol. The van der Waals surface area contributed by atoms with Gasteiger partial charge in [-0.2, -0.15) is 0 Å². The molecule has 1 aliphatic heterocycles. The maximum atomic E-state index is 13.8. The fourth-order valence-corrected chi connectivity index (χ4v) is 4.37. The largest absolute Gasteiger partial charge is 0.465 e. The van der Waals surface area contributed by atoms with Gasteiger partial charge in [-0.15, -0.1) is 0 Å². The molecule has 1 amide bonds. The summed E-state index contributed by atoms with van der Waals surface area (Å²) in [6.07, 6.45) is 0.676. The van der Waals surface area contributed by atoms with Crippen LogP contribution in [0.1, 0.15) is 40.9 Å². The van der Waals surface area contributed by atoms with E-state index in [1.807, 2.05) is 60.7 Å². The van der Waals surface area contributed by atoms with Gasteiger partial charge in [-0.3, -0.25) is 4.79 Å². The number of hydrogen-bond donors (Lipinski definition) is 0. The van der Waals surface area contributed by atoms with Crippen LogP contribution >= 0.6 is 11.6 Å². The number of allylic oxidation sites excluding steroid dienone is 1. The Morgan fingerprint density at radius 1 is 0.970 bits per heavy atom. The maximum Gasteiger partial charge on any atom is 0.337 e. The highest BCUT2D eigenvalue weighted by Crippen LogP contribution is 2.41. The molecule has 0 atom stereocenters. The summed E-state index contributed by atoms with van der Waals surface area (Å²) in [5.41, 5.74) is 6.15. The number of halogens is 1. The Bertz CT molecular complexity index is 1230. The predicted molar refractivity (Wildman–Crippen MR) is 132 cm³/mol. The van der Waals surface area contributed by atoms with Gasteiger partial charge >= 0.3 is 5.97 Å². The molecule has 0 aliphatic carbocycles. The Labute approximate surface area is 199 Å². The lowest BCUT2D eigenvalue weighted by atomic mass is 9.88. The van der Waals surface area contributed by atoms with E-state index >= 15 is 0 Å². The third-order valence-corrected chi connectivity index (χ3v) is 6.19. The van der Waals surface area contributed by atoms with E-state index in [1.165, 1.54) is 7.11 Å². The lowest BCUT2D eigenvalue weighted by molar-refractivity contribution is -0.113. The second kappa shape index (κ2) is 9.63. The maximum absolute atomic E-state index is 13.8. The van der Waals surface area contributed by atoms with Gasteiger partial charge < -0.3 is 9.64 Å². The number of carbonyl (C=O) groups excluding carboxylic acids is 2. The first-order chi connectivity index (χ1) is 15.9. The molecule has 4 rings (SSSR count). The van der Waals surface area contributed by atoms with Crippen molar-refractivity contribution >= 4 is 34.7 Å². The third kappa shape index (κ3) is 4.71. The molecule has 4 nitrogen and oxygen atoms in total. The first kappa shape index (κ1) is 22.8. The molecule has 1 aliphatic rings. The van der Waals surface area contributed by atoms with Crippen molar-refractivity contribution in [2.45, 2.75) is 26.8 Å². The Morgan fingerprint density at radius 3 is 2.39 bits per heavy atom. The van der Waals surface area contributed by atoms with Crippen LogP contribution in [0.25, 0.3) is 5.57 Å². The van der Waals surface area contributed by atoms with Gasteiger partial charge in [-0.1, -0.05) is 67.9 Å². The highest BCUT2D eigenvalue weighted by Gasteiger charge is 2.34. The minimum Gasteiger partial charge on any atom is -0.465 e. The highest BCUT2D eigenvalue weighted by molar-refractivity contribution is 6.33. The van der Waals surface area contributed by atoms with E-state index in [2.05, 4.69) is 13.8 Å². The molecule has 0 aromatic heterocycles. The summed E-state index contributed by atoms with van der Waals surface area (Å²) in [5, 5.41) is 0.695. The Kier molecular flexibility index (Phi) is 6.66. The minimum absolute atomic E-state index is 0.0164. The van der Waals surface area contributed by atoms with E-state index in [4.69, 9.17) is 16.3 Å². The predicted octanol–water partition coefficient (Wildman–Crippen LogP) is 6.33. The number of anilines is 1. The number of nitrogens with zero attached hydrogens (tertiary/aromatic N) is 1. The van der Waals surface area contributed by atoms with Crippen molar-refractivity contribution < 1.29 is 14.3 Å². The van der Waals surface area contributed by atoms with Crippen molar-refractivity contribution in [3.05, 3.63) is 106 Å². The fraction of sp³-hybridized carbons (Fsp3) is 0.214. The molecule has 3 aromatic carbocycles. The summed E-state index contributed by atoms with van der Waals surface area (Å²) < 4.78 is 4.84. The van der Waals surface area contributed by atoms with E-state index in [1.54, 1.807) is 17.0 Å². The minimum atomic E-state index is -0.393. The number of rotatable bonds is 6. The third-order valence-electron chi connectivity index (χ3n) is 5.94. The summed E-state index contributed by atoms with van der Waals surface area (Å²) in [7, 11) is 1.36.